The van der Waals surface area contributed by atoms with Crippen molar-refractivity contribution in [3.05, 3.63) is 35.7 Å². The van der Waals surface area contributed by atoms with Crippen molar-refractivity contribution in [3.8, 4) is 5.88 Å². The normalized spacial score (nSPS) is 23.1. The first-order valence-electron chi connectivity index (χ1n) is 16.8. The maximum absolute atomic E-state index is 13.1. The molecule has 2 saturated heterocycles. The number of piperidine rings is 2. The maximum atomic E-state index is 13.1. The fourth-order valence-electron chi connectivity index (χ4n) is 7.51. The number of nitrogens with one attached hydrogen (secondary N) is 2. The van der Waals surface area contributed by atoms with E-state index in [4.69, 9.17) is 9.73 Å². The molecule has 1 aromatic rings. The molecule has 1 aromatic heterocycles. The zero-order valence-corrected chi connectivity index (χ0v) is 25.7. The van der Waals surface area contributed by atoms with Crippen LogP contribution < -0.4 is 15.4 Å². The number of likely N-dealkylation sites (tertiary alicyclic amines) is 1. The Balaban J connectivity index is 1.03. The van der Waals surface area contributed by atoms with Crippen LogP contribution in [0.15, 0.2) is 35.1 Å². The van der Waals surface area contributed by atoms with Crippen LogP contribution in [0.1, 0.15) is 114 Å². The molecule has 1 unspecified atom stereocenters. The second-order valence-electron chi connectivity index (χ2n) is 12.7. The summed E-state index contributed by atoms with van der Waals surface area (Å²) in [5.74, 6) is 1.32. The van der Waals surface area contributed by atoms with E-state index in [9.17, 15) is 9.59 Å². The zero-order chi connectivity index (χ0) is 29.2. The van der Waals surface area contributed by atoms with E-state index in [1.54, 1.807) is 18.3 Å². The van der Waals surface area contributed by atoms with Crippen molar-refractivity contribution in [1.82, 2.24) is 20.5 Å². The summed E-state index contributed by atoms with van der Waals surface area (Å²) in [6.45, 7) is 5.60. The van der Waals surface area contributed by atoms with Crippen molar-refractivity contribution in [3.63, 3.8) is 0 Å². The molecule has 0 radical (unpaired) electrons. The summed E-state index contributed by atoms with van der Waals surface area (Å²) in [4.78, 5) is 37.2. The Morgan fingerprint density at radius 2 is 1.81 bits per heavy atom. The van der Waals surface area contributed by atoms with Gasteiger partial charge < -0.3 is 20.3 Å². The minimum Gasteiger partial charge on any atom is -0.477 e. The number of ether oxygens (including phenoxy) is 1. The number of carbonyl (C=O) groups excluding carboxylic acids is 2. The second kappa shape index (κ2) is 15.1. The molecule has 2 N–H and O–H groups in total. The van der Waals surface area contributed by atoms with E-state index in [1.807, 2.05) is 11.8 Å². The van der Waals surface area contributed by atoms with Crippen molar-refractivity contribution in [1.29, 1.82) is 0 Å². The van der Waals surface area contributed by atoms with Crippen LogP contribution in [0, 0.1) is 11.8 Å². The van der Waals surface area contributed by atoms with Crippen molar-refractivity contribution >= 4 is 17.5 Å². The molecular weight excluding hydrogens is 526 g/mol. The molecule has 1 saturated carbocycles. The molecule has 4 heterocycles. The molecule has 0 aromatic carbocycles. The number of pyridine rings is 1. The minimum absolute atomic E-state index is 0.0134. The lowest BCUT2D eigenvalue weighted by Crippen LogP contribution is -2.57. The molecule has 5 rings (SSSR count). The van der Waals surface area contributed by atoms with E-state index in [2.05, 4.69) is 21.7 Å². The number of carbonyl (C=O) groups is 2. The lowest BCUT2D eigenvalue weighted by atomic mass is 9.71. The number of hydrogen-bond donors (Lipinski definition) is 2. The Morgan fingerprint density at radius 1 is 1.07 bits per heavy atom. The Labute approximate surface area is 252 Å². The number of rotatable bonds is 9. The van der Waals surface area contributed by atoms with Gasteiger partial charge in [-0.05, 0) is 69.6 Å². The summed E-state index contributed by atoms with van der Waals surface area (Å²) in [6, 6.07) is 3.59. The third kappa shape index (κ3) is 7.61. The molecule has 3 aliphatic heterocycles. The van der Waals surface area contributed by atoms with E-state index in [0.29, 0.717) is 36.2 Å². The standard InChI is InChI=1S/C34H51N5O3/c1-2-42-32-27(14-12-21-36-32)33(41)39-23-16-26(17-24-39)13-8-11-20-35-31(40)30-25-28-29(38-30)15-22-37-34(28)18-9-6-4-3-5-7-10-19-34/h12,14,21,25-26,28,37H,2-11,13,15-20,22-24H2,1H3,(H,35,40). The molecule has 8 heteroatoms. The summed E-state index contributed by atoms with van der Waals surface area (Å²) in [5.41, 5.74) is 2.49. The van der Waals surface area contributed by atoms with Crippen LogP contribution in [-0.4, -0.2) is 65.7 Å². The third-order valence-corrected chi connectivity index (χ3v) is 9.89. The smallest absolute Gasteiger partial charge is 0.269 e. The first-order valence-corrected chi connectivity index (χ1v) is 16.8. The SMILES string of the molecule is CCOc1ncccc1C(=O)N1CCC(CCCCNC(=O)C2=CC3C(=N2)CCNC32CCCCCCCCC2)CC1. The highest BCUT2D eigenvalue weighted by atomic mass is 16.5. The monoisotopic (exact) mass is 577 g/mol. The van der Waals surface area contributed by atoms with Crippen molar-refractivity contribution in [2.24, 2.45) is 16.8 Å². The van der Waals surface area contributed by atoms with Crippen LogP contribution in [0.4, 0.5) is 0 Å². The van der Waals surface area contributed by atoms with Gasteiger partial charge in [0.05, 0.1) is 6.61 Å². The van der Waals surface area contributed by atoms with Crippen molar-refractivity contribution < 1.29 is 14.3 Å². The first-order chi connectivity index (χ1) is 20.6. The molecule has 1 aliphatic carbocycles. The number of unbranched alkanes of at least 4 members (excludes halogenated alkanes) is 1. The molecule has 2 amide bonds. The van der Waals surface area contributed by atoms with Crippen LogP contribution >= 0.6 is 0 Å². The minimum atomic E-state index is -0.0134. The van der Waals surface area contributed by atoms with Crippen molar-refractivity contribution in [2.45, 2.75) is 109 Å². The number of fused-ring (bicyclic) bond motifs is 2. The van der Waals surface area contributed by atoms with Gasteiger partial charge in [-0.2, -0.15) is 0 Å². The quantitative estimate of drug-likeness (QED) is 0.360. The topological polar surface area (TPSA) is 95.9 Å². The van der Waals surface area contributed by atoms with E-state index in [1.165, 1.54) is 63.5 Å². The fourth-order valence-corrected chi connectivity index (χ4v) is 7.51. The number of aliphatic imine (C=N–C) groups is 1. The number of nitrogens with zero attached hydrogens (tertiary/aromatic N) is 3. The van der Waals surface area contributed by atoms with Crippen molar-refractivity contribution in [2.75, 3.05) is 32.8 Å². The third-order valence-electron chi connectivity index (χ3n) is 9.89. The lowest BCUT2D eigenvalue weighted by molar-refractivity contribution is -0.117. The van der Waals surface area contributed by atoms with Gasteiger partial charge in [-0.25, -0.2) is 4.98 Å². The van der Waals surface area contributed by atoms with Crippen LogP contribution in [0.25, 0.3) is 0 Å². The van der Waals surface area contributed by atoms with Gasteiger partial charge in [-0.1, -0.05) is 57.8 Å². The van der Waals surface area contributed by atoms with E-state index in [0.717, 1.165) is 58.2 Å². The summed E-state index contributed by atoms with van der Waals surface area (Å²) in [6.07, 6.45) is 21.6. The highest BCUT2D eigenvalue weighted by Crippen LogP contribution is 2.40. The Hall–Kier alpha value is -2.74. The van der Waals surface area contributed by atoms with Crippen LogP contribution in [-0.2, 0) is 4.79 Å². The summed E-state index contributed by atoms with van der Waals surface area (Å²) in [5, 5.41) is 7.06. The van der Waals surface area contributed by atoms with Crippen LogP contribution in [0.2, 0.25) is 0 Å². The van der Waals surface area contributed by atoms with Gasteiger partial charge in [0.2, 0.25) is 5.88 Å². The van der Waals surface area contributed by atoms with E-state index in [-0.39, 0.29) is 23.3 Å². The summed E-state index contributed by atoms with van der Waals surface area (Å²) < 4.78 is 5.56. The fraction of sp³-hybridized carbons (Fsp3) is 0.706. The predicted molar refractivity (Wildman–Crippen MR) is 167 cm³/mol. The van der Waals surface area contributed by atoms with Gasteiger partial charge in [0.25, 0.3) is 11.8 Å². The maximum Gasteiger partial charge on any atom is 0.269 e. The van der Waals surface area contributed by atoms with Gasteiger partial charge in [0.15, 0.2) is 0 Å². The number of amides is 2. The average Bonchev–Trinajstić information content (AvgIpc) is 3.47. The Morgan fingerprint density at radius 3 is 2.55 bits per heavy atom. The average molecular weight is 578 g/mol. The molecule has 8 nitrogen and oxygen atoms in total. The largest absolute Gasteiger partial charge is 0.477 e. The lowest BCUT2D eigenvalue weighted by Gasteiger charge is -2.44. The van der Waals surface area contributed by atoms with E-state index < -0.39 is 0 Å². The molecular formula is C34H51N5O3. The molecule has 42 heavy (non-hydrogen) atoms. The zero-order valence-electron chi connectivity index (χ0n) is 25.7. The van der Waals surface area contributed by atoms with E-state index >= 15 is 0 Å². The molecule has 230 valence electrons. The van der Waals surface area contributed by atoms with Crippen LogP contribution in [0.5, 0.6) is 5.88 Å². The number of hydrogen-bond acceptors (Lipinski definition) is 6. The highest BCUT2D eigenvalue weighted by Gasteiger charge is 2.44. The molecule has 1 atom stereocenters. The summed E-state index contributed by atoms with van der Waals surface area (Å²) in [7, 11) is 0. The molecule has 3 fully saturated rings. The first kappa shape index (κ1) is 30.7. The van der Waals surface area contributed by atoms with Gasteiger partial charge in [-0.15, -0.1) is 0 Å². The Kier molecular flexibility index (Phi) is 11.1. The van der Waals surface area contributed by atoms with Gasteiger partial charge in [-0.3, -0.25) is 14.6 Å². The molecule has 1 spiro atoms. The second-order valence-corrected chi connectivity index (χ2v) is 12.7. The van der Waals surface area contributed by atoms with Crippen LogP contribution in [0.3, 0.4) is 0 Å². The predicted octanol–water partition coefficient (Wildman–Crippen LogP) is 5.83. The number of aromatic nitrogens is 1. The molecule has 0 bridgehead atoms. The molecule has 4 aliphatic rings. The highest BCUT2D eigenvalue weighted by molar-refractivity contribution is 6.03. The summed E-state index contributed by atoms with van der Waals surface area (Å²) >= 11 is 0. The van der Waals surface area contributed by atoms with Gasteiger partial charge in [0, 0.05) is 49.5 Å². The van der Waals surface area contributed by atoms with Gasteiger partial charge >= 0.3 is 0 Å². The van der Waals surface area contributed by atoms with Gasteiger partial charge in [0.1, 0.15) is 11.3 Å². The Bertz CT molecular complexity index is 1110.